The Labute approximate surface area is 169 Å². The number of likely N-dealkylation sites (N-methyl/N-ethyl adjacent to an activating group) is 1. The molecule has 5 nitrogen and oxygen atoms in total. The largest absolute Gasteiger partial charge is 0.756 e. The van der Waals surface area contributed by atoms with Gasteiger partial charge in [0.25, 0.3) is 7.82 Å². The van der Waals surface area contributed by atoms with Crippen LogP contribution in [0.5, 0.6) is 0 Å². The molecular weight excluding hydrogens is 361 g/mol. The van der Waals surface area contributed by atoms with E-state index in [2.05, 4.69) is 21.0 Å². The first-order valence-corrected chi connectivity index (χ1v) is 12.7. The summed E-state index contributed by atoms with van der Waals surface area (Å²) in [5, 5.41) is 0. The van der Waals surface area contributed by atoms with Crippen LogP contribution in [0.15, 0.2) is 0 Å². The molecule has 0 aromatic heterocycles. The molecule has 0 saturated carbocycles. The molecule has 0 aliphatic rings. The Balaban J connectivity index is 3.53. The molecule has 6 heteroatoms. The summed E-state index contributed by atoms with van der Waals surface area (Å²) in [6.45, 7) is 6.25. The molecule has 0 radical (unpaired) electrons. The van der Waals surface area contributed by atoms with Gasteiger partial charge >= 0.3 is 0 Å². The zero-order valence-corrected chi connectivity index (χ0v) is 19.4. The normalized spacial score (nSPS) is 14.4. The Hall–Kier alpha value is 0.0700. The van der Waals surface area contributed by atoms with Gasteiger partial charge in [0, 0.05) is 0 Å². The van der Waals surface area contributed by atoms with Crippen LogP contribution in [0.1, 0.15) is 97.3 Å². The highest BCUT2D eigenvalue weighted by Crippen LogP contribution is 2.38. The van der Waals surface area contributed by atoms with Crippen LogP contribution in [0.3, 0.4) is 0 Å². The Bertz CT molecular complexity index is 377. The van der Waals surface area contributed by atoms with Crippen LogP contribution in [0.25, 0.3) is 0 Å². The van der Waals surface area contributed by atoms with E-state index in [0.717, 1.165) is 11.0 Å². The monoisotopic (exact) mass is 407 g/mol. The summed E-state index contributed by atoms with van der Waals surface area (Å²) in [4.78, 5) is 11.5. The van der Waals surface area contributed by atoms with Gasteiger partial charge in [-0.15, -0.1) is 0 Å². The second-order valence-electron chi connectivity index (χ2n) is 8.39. The molecular formula is C21H46NO4P. The lowest BCUT2D eigenvalue weighted by Gasteiger charge is -2.31. The molecule has 164 valence electrons. The maximum Gasteiger partial charge on any atom is 0.268 e. The van der Waals surface area contributed by atoms with Gasteiger partial charge in [-0.25, -0.2) is 0 Å². The average molecular weight is 408 g/mol. The number of unbranched alkanes of at least 4 members (excludes halogenated alkanes) is 11. The van der Waals surface area contributed by atoms with E-state index in [1.807, 2.05) is 6.92 Å². The number of quaternary nitrogens is 1. The Morgan fingerprint density at radius 1 is 0.667 bits per heavy atom. The van der Waals surface area contributed by atoms with Crippen molar-refractivity contribution < 1.29 is 23.0 Å². The first-order valence-electron chi connectivity index (χ1n) is 11.2. The van der Waals surface area contributed by atoms with Crippen LogP contribution in [0.4, 0.5) is 0 Å². The van der Waals surface area contributed by atoms with Crippen molar-refractivity contribution in [3.05, 3.63) is 0 Å². The third-order valence-corrected chi connectivity index (χ3v) is 6.01. The minimum atomic E-state index is -4.11. The van der Waals surface area contributed by atoms with Crippen molar-refractivity contribution in [1.29, 1.82) is 0 Å². The van der Waals surface area contributed by atoms with E-state index in [1.54, 1.807) is 0 Å². The topological polar surface area (TPSA) is 58.6 Å². The fourth-order valence-corrected chi connectivity index (χ4v) is 3.92. The van der Waals surface area contributed by atoms with Crippen LogP contribution in [0, 0.1) is 0 Å². The highest BCUT2D eigenvalue weighted by molar-refractivity contribution is 7.45. The van der Waals surface area contributed by atoms with Crippen LogP contribution in [-0.2, 0) is 13.6 Å². The molecule has 0 N–H and O–H groups in total. The predicted molar refractivity (Wildman–Crippen MR) is 113 cm³/mol. The van der Waals surface area contributed by atoms with Crippen molar-refractivity contribution in [2.75, 3.05) is 40.4 Å². The van der Waals surface area contributed by atoms with Gasteiger partial charge in [-0.05, 0) is 19.3 Å². The minimum absolute atomic E-state index is 0.190. The lowest BCUT2D eigenvalue weighted by molar-refractivity contribution is -0.890. The number of rotatable bonds is 20. The van der Waals surface area contributed by atoms with E-state index < -0.39 is 7.82 Å². The average Bonchev–Trinajstić information content (AvgIpc) is 2.60. The van der Waals surface area contributed by atoms with Gasteiger partial charge in [-0.1, -0.05) is 78.1 Å². The van der Waals surface area contributed by atoms with Crippen molar-refractivity contribution in [2.45, 2.75) is 97.3 Å². The predicted octanol–water partition coefficient (Wildman–Crippen LogP) is 5.68. The van der Waals surface area contributed by atoms with Gasteiger partial charge in [-0.3, -0.25) is 4.57 Å². The molecule has 0 fully saturated rings. The summed E-state index contributed by atoms with van der Waals surface area (Å²) in [5.41, 5.74) is 0. The molecule has 0 aliphatic carbocycles. The standard InChI is InChI=1S/C21H46NO4P/c1-5-7-8-9-10-11-12-13-14-15-16-17-18-22(3,4)19-21-26-27(23,24)25-20-6-2/h5-21H2,1-4H3. The highest BCUT2D eigenvalue weighted by Gasteiger charge is 2.17. The molecule has 1 atom stereocenters. The van der Waals surface area contributed by atoms with Crippen LogP contribution in [0.2, 0.25) is 0 Å². The van der Waals surface area contributed by atoms with Crippen LogP contribution < -0.4 is 4.89 Å². The summed E-state index contributed by atoms with van der Waals surface area (Å²) in [6.07, 6.45) is 16.9. The van der Waals surface area contributed by atoms with Crippen molar-refractivity contribution in [3.63, 3.8) is 0 Å². The molecule has 0 spiro atoms. The Morgan fingerprint density at radius 2 is 1.11 bits per heavy atom. The highest BCUT2D eigenvalue weighted by atomic mass is 31.2. The first kappa shape index (κ1) is 27.1. The Morgan fingerprint density at radius 3 is 1.59 bits per heavy atom. The summed E-state index contributed by atoms with van der Waals surface area (Å²) in [7, 11) is 0.145. The van der Waals surface area contributed by atoms with E-state index in [0.29, 0.717) is 13.0 Å². The number of nitrogens with zero attached hydrogens (tertiary/aromatic N) is 1. The second kappa shape index (κ2) is 17.0. The molecule has 0 aromatic rings. The minimum Gasteiger partial charge on any atom is -0.756 e. The molecule has 27 heavy (non-hydrogen) atoms. The fourth-order valence-electron chi connectivity index (χ4n) is 3.13. The van der Waals surface area contributed by atoms with E-state index in [1.165, 1.54) is 77.0 Å². The number of phosphoric acid groups is 1. The second-order valence-corrected chi connectivity index (χ2v) is 9.80. The molecule has 0 heterocycles. The van der Waals surface area contributed by atoms with Crippen molar-refractivity contribution in [3.8, 4) is 0 Å². The van der Waals surface area contributed by atoms with Gasteiger partial charge in [0.05, 0.1) is 27.2 Å². The van der Waals surface area contributed by atoms with Gasteiger partial charge in [0.1, 0.15) is 13.2 Å². The molecule has 0 saturated heterocycles. The lowest BCUT2D eigenvalue weighted by atomic mass is 10.1. The SMILES string of the molecule is CCCCCCCCCCCCCC[N+](C)(C)CCOP(=O)([O-])OCCC. The zero-order valence-electron chi connectivity index (χ0n) is 18.5. The van der Waals surface area contributed by atoms with Crippen LogP contribution in [-0.4, -0.2) is 44.9 Å². The van der Waals surface area contributed by atoms with Gasteiger partial charge in [-0.2, -0.15) is 0 Å². The summed E-state index contributed by atoms with van der Waals surface area (Å²) in [6, 6.07) is 0. The van der Waals surface area contributed by atoms with E-state index in [9.17, 15) is 9.46 Å². The van der Waals surface area contributed by atoms with Crippen LogP contribution >= 0.6 is 7.82 Å². The zero-order chi connectivity index (χ0) is 20.4. The first-order chi connectivity index (χ1) is 12.8. The van der Waals surface area contributed by atoms with E-state index in [4.69, 9.17) is 9.05 Å². The van der Waals surface area contributed by atoms with Crippen molar-refractivity contribution in [2.24, 2.45) is 0 Å². The molecule has 0 aliphatic heterocycles. The summed E-state index contributed by atoms with van der Waals surface area (Å²) in [5.74, 6) is 0. The van der Waals surface area contributed by atoms with Crippen molar-refractivity contribution >= 4 is 7.82 Å². The van der Waals surface area contributed by atoms with Gasteiger partial charge < -0.3 is 18.4 Å². The van der Waals surface area contributed by atoms with E-state index >= 15 is 0 Å². The maximum absolute atomic E-state index is 11.5. The van der Waals surface area contributed by atoms with Crippen molar-refractivity contribution in [1.82, 2.24) is 0 Å². The Kier molecular flexibility index (Phi) is 17.0. The molecule has 0 aromatic carbocycles. The smallest absolute Gasteiger partial charge is 0.268 e. The molecule has 0 bridgehead atoms. The number of phosphoric ester groups is 1. The molecule has 0 rings (SSSR count). The number of hydrogen-bond acceptors (Lipinski definition) is 4. The summed E-state index contributed by atoms with van der Waals surface area (Å²) >= 11 is 0. The summed E-state index contributed by atoms with van der Waals surface area (Å²) < 4.78 is 22.0. The van der Waals surface area contributed by atoms with Gasteiger partial charge in [0.15, 0.2) is 0 Å². The fraction of sp³-hybridized carbons (Fsp3) is 1.00. The molecule has 1 unspecified atom stereocenters. The van der Waals surface area contributed by atoms with E-state index in [-0.39, 0.29) is 13.2 Å². The lowest BCUT2D eigenvalue weighted by Crippen LogP contribution is -2.43. The quantitative estimate of drug-likeness (QED) is 0.148. The molecule has 0 amide bonds. The number of hydrogen-bond donors (Lipinski definition) is 0. The third-order valence-electron chi connectivity index (χ3n) is 5.02. The third kappa shape index (κ3) is 19.2. The maximum atomic E-state index is 11.5. The van der Waals surface area contributed by atoms with Gasteiger partial charge in [0.2, 0.25) is 0 Å².